The molecule has 0 saturated heterocycles. The van der Waals surface area contributed by atoms with E-state index in [9.17, 15) is 14.2 Å². The van der Waals surface area contributed by atoms with Gasteiger partial charge in [-0.25, -0.2) is 4.98 Å². The Balaban J connectivity index is 1.84. The third kappa shape index (κ3) is 7.55. The van der Waals surface area contributed by atoms with Crippen LogP contribution in [0.5, 0.6) is 5.75 Å². The summed E-state index contributed by atoms with van der Waals surface area (Å²) in [4.78, 5) is 34.0. The maximum atomic E-state index is 12.7. The Kier molecular flexibility index (Phi) is 8.91. The first kappa shape index (κ1) is 27.7. The van der Waals surface area contributed by atoms with E-state index >= 15 is 0 Å². The monoisotopic (exact) mass is 542 g/mol. The molecule has 1 aromatic heterocycles. The topological polar surface area (TPSA) is 126 Å². The lowest BCUT2D eigenvalue weighted by molar-refractivity contribution is -0.124. The summed E-state index contributed by atoms with van der Waals surface area (Å²) in [6.45, 7) is 3.38. The molecule has 0 radical (unpaired) electrons. The number of rotatable bonds is 9. The normalized spacial score (nSPS) is 11.2. The molecule has 0 atom stereocenters. The summed E-state index contributed by atoms with van der Waals surface area (Å²) in [6.07, 6.45) is 3.77. The molecule has 0 spiro atoms. The SMILES string of the molecule is COc1ccc(NC(=O)C=CC(=O)N(C)C)cc1Nc1ncc(Cl)c(Nc2ccccc2P(C)(C)=O)n1. The molecule has 0 aliphatic heterocycles. The lowest BCUT2D eigenvalue weighted by Crippen LogP contribution is -2.19. The van der Waals surface area contributed by atoms with Crippen molar-refractivity contribution in [3.05, 3.63) is 65.8 Å². The maximum absolute atomic E-state index is 12.7. The summed E-state index contributed by atoms with van der Waals surface area (Å²) in [5.74, 6) is 0.230. The second-order valence-corrected chi connectivity index (χ2v) is 12.1. The summed E-state index contributed by atoms with van der Waals surface area (Å²) in [6, 6.07) is 12.2. The van der Waals surface area contributed by atoms with Gasteiger partial charge in [-0.15, -0.1) is 0 Å². The minimum absolute atomic E-state index is 0.207. The third-order valence-electron chi connectivity index (χ3n) is 5.01. The van der Waals surface area contributed by atoms with E-state index in [0.717, 1.165) is 6.08 Å². The Morgan fingerprint density at radius 2 is 1.78 bits per heavy atom. The van der Waals surface area contributed by atoms with Crippen molar-refractivity contribution < 1.29 is 18.9 Å². The van der Waals surface area contributed by atoms with Gasteiger partial charge in [-0.05, 0) is 43.7 Å². The van der Waals surface area contributed by atoms with Crippen molar-refractivity contribution in [1.29, 1.82) is 0 Å². The molecule has 3 rings (SSSR count). The van der Waals surface area contributed by atoms with E-state index in [-0.39, 0.29) is 16.9 Å². The molecular weight excluding hydrogens is 515 g/mol. The molecule has 1 heterocycles. The lowest BCUT2D eigenvalue weighted by atomic mass is 10.2. The number of carbonyl (C=O) groups is 2. The molecule has 3 aromatic rings. The Morgan fingerprint density at radius 1 is 1.05 bits per heavy atom. The smallest absolute Gasteiger partial charge is 0.248 e. The highest BCUT2D eigenvalue weighted by Gasteiger charge is 2.17. The number of para-hydroxylation sites is 1. The quantitative estimate of drug-likeness (QED) is 0.267. The van der Waals surface area contributed by atoms with E-state index in [4.69, 9.17) is 16.3 Å². The summed E-state index contributed by atoms with van der Waals surface area (Å²) in [7, 11) is 2.14. The first-order valence-corrected chi connectivity index (χ1v) is 14.1. The Bertz CT molecular complexity index is 1390. The molecule has 0 unspecified atom stereocenters. The molecule has 0 aliphatic carbocycles. The van der Waals surface area contributed by atoms with Gasteiger partial charge in [0.25, 0.3) is 0 Å². The number of ether oxygens (including phenoxy) is 1. The van der Waals surface area contributed by atoms with Crippen LogP contribution in [0.25, 0.3) is 0 Å². The Labute approximate surface area is 220 Å². The number of aromatic nitrogens is 2. The van der Waals surface area contributed by atoms with E-state index in [1.165, 1.54) is 24.3 Å². The van der Waals surface area contributed by atoms with Gasteiger partial charge in [0, 0.05) is 37.2 Å². The summed E-state index contributed by atoms with van der Waals surface area (Å²) >= 11 is 6.34. The second-order valence-electron chi connectivity index (χ2n) is 8.48. The molecule has 37 heavy (non-hydrogen) atoms. The fourth-order valence-corrected chi connectivity index (χ4v) is 4.47. The van der Waals surface area contributed by atoms with E-state index in [0.29, 0.717) is 33.9 Å². The number of benzene rings is 2. The van der Waals surface area contributed by atoms with Gasteiger partial charge in [0.05, 0.1) is 24.7 Å². The number of nitrogens with zero attached hydrogens (tertiary/aromatic N) is 3. The van der Waals surface area contributed by atoms with Crippen LogP contribution < -0.4 is 26.0 Å². The average Bonchev–Trinajstić information content (AvgIpc) is 2.84. The van der Waals surface area contributed by atoms with Crippen molar-refractivity contribution in [2.24, 2.45) is 0 Å². The number of methoxy groups -OCH3 is 1. The van der Waals surface area contributed by atoms with E-state index in [1.54, 1.807) is 57.8 Å². The zero-order valence-corrected chi connectivity index (χ0v) is 22.7. The van der Waals surface area contributed by atoms with Gasteiger partial charge >= 0.3 is 0 Å². The van der Waals surface area contributed by atoms with E-state index in [1.807, 2.05) is 12.1 Å². The van der Waals surface area contributed by atoms with Crippen molar-refractivity contribution in [3.63, 3.8) is 0 Å². The number of hydrogen-bond acceptors (Lipinski definition) is 8. The molecule has 3 N–H and O–H groups in total. The lowest BCUT2D eigenvalue weighted by Gasteiger charge is -2.16. The fourth-order valence-electron chi connectivity index (χ4n) is 3.18. The highest BCUT2D eigenvalue weighted by atomic mass is 35.5. The van der Waals surface area contributed by atoms with Gasteiger partial charge in [0.1, 0.15) is 17.9 Å². The van der Waals surface area contributed by atoms with Crippen molar-refractivity contribution >= 4 is 64.7 Å². The summed E-state index contributed by atoms with van der Waals surface area (Å²) in [5, 5.41) is 9.86. The molecular formula is C25H28ClN6O4P. The molecule has 0 saturated carbocycles. The predicted molar refractivity (Wildman–Crippen MR) is 149 cm³/mol. The van der Waals surface area contributed by atoms with Crippen LogP contribution in [-0.4, -0.2) is 61.2 Å². The van der Waals surface area contributed by atoms with E-state index < -0.39 is 13.0 Å². The number of nitrogens with one attached hydrogen (secondary N) is 3. The fraction of sp³-hybridized carbons (Fsp3) is 0.200. The zero-order chi connectivity index (χ0) is 27.2. The first-order valence-electron chi connectivity index (χ1n) is 11.1. The summed E-state index contributed by atoms with van der Waals surface area (Å²) in [5.41, 5.74) is 1.57. The van der Waals surface area contributed by atoms with Crippen LogP contribution in [0.15, 0.2) is 60.8 Å². The second kappa shape index (κ2) is 11.9. The standard InChI is InChI=1S/C25H28ClN6O4P/c1-32(2)23(34)13-12-22(33)28-16-10-11-20(36-3)19(14-16)30-25-27-15-17(26)24(31-25)29-18-8-6-7-9-21(18)37(4,5)35/h6-15H,1-5H3,(H,28,33)(H2,27,29,30,31). The van der Waals surface area contributed by atoms with Crippen LogP contribution >= 0.6 is 18.7 Å². The predicted octanol–water partition coefficient (Wildman–Crippen LogP) is 4.46. The number of hydrogen-bond donors (Lipinski definition) is 3. The number of carbonyl (C=O) groups excluding carboxylic acids is 2. The van der Waals surface area contributed by atoms with Gasteiger partial charge in [0.2, 0.25) is 17.8 Å². The highest BCUT2D eigenvalue weighted by Crippen LogP contribution is 2.39. The molecule has 10 nitrogen and oxygen atoms in total. The number of halogens is 1. The van der Waals surface area contributed by atoms with E-state index in [2.05, 4.69) is 25.9 Å². The average molecular weight is 543 g/mol. The minimum Gasteiger partial charge on any atom is -0.495 e. The van der Waals surface area contributed by atoms with Gasteiger partial charge < -0.3 is 30.2 Å². The Morgan fingerprint density at radius 3 is 2.46 bits per heavy atom. The Hall–Kier alpha value is -3.88. The van der Waals surface area contributed by atoms with Crippen LogP contribution in [0.3, 0.4) is 0 Å². The van der Waals surface area contributed by atoms with Crippen molar-refractivity contribution in [1.82, 2.24) is 14.9 Å². The molecule has 2 amide bonds. The van der Waals surface area contributed by atoms with Gasteiger partial charge in [-0.2, -0.15) is 4.98 Å². The van der Waals surface area contributed by atoms with Crippen LogP contribution in [0.2, 0.25) is 5.02 Å². The molecule has 0 aliphatic rings. The molecule has 2 aromatic carbocycles. The zero-order valence-electron chi connectivity index (χ0n) is 21.1. The maximum Gasteiger partial charge on any atom is 0.248 e. The largest absolute Gasteiger partial charge is 0.495 e. The molecule has 194 valence electrons. The van der Waals surface area contributed by atoms with Crippen molar-refractivity contribution in [3.8, 4) is 5.75 Å². The molecule has 0 bridgehead atoms. The van der Waals surface area contributed by atoms with Gasteiger partial charge in [-0.3, -0.25) is 9.59 Å². The third-order valence-corrected chi connectivity index (χ3v) is 6.84. The van der Waals surface area contributed by atoms with Crippen molar-refractivity contribution in [2.45, 2.75) is 0 Å². The molecule has 0 fully saturated rings. The number of amides is 2. The van der Waals surface area contributed by atoms with Crippen molar-refractivity contribution in [2.75, 3.05) is 50.5 Å². The highest BCUT2D eigenvalue weighted by molar-refractivity contribution is 7.70. The van der Waals surface area contributed by atoms with Crippen LogP contribution in [0.4, 0.5) is 28.8 Å². The van der Waals surface area contributed by atoms with Crippen LogP contribution in [0, 0.1) is 0 Å². The van der Waals surface area contributed by atoms with Crippen LogP contribution in [-0.2, 0) is 14.2 Å². The summed E-state index contributed by atoms with van der Waals surface area (Å²) < 4.78 is 18.1. The minimum atomic E-state index is -2.56. The molecule has 12 heteroatoms. The van der Waals surface area contributed by atoms with Gasteiger partial charge in [-0.1, -0.05) is 23.7 Å². The van der Waals surface area contributed by atoms with Crippen LogP contribution in [0.1, 0.15) is 0 Å². The van der Waals surface area contributed by atoms with Gasteiger partial charge in [0.15, 0.2) is 5.82 Å². The number of anilines is 5. The first-order chi connectivity index (χ1) is 17.5. The number of likely N-dealkylation sites (N-methyl/N-ethyl adjacent to an activating group) is 1.